The SMILES string of the molecule is COc1cccc(C2CC2C(=O)NCC(C)CC(C)O)c1. The van der Waals surface area contributed by atoms with Gasteiger partial charge in [0.2, 0.25) is 5.91 Å². The van der Waals surface area contributed by atoms with Crippen LogP contribution in [0.25, 0.3) is 0 Å². The van der Waals surface area contributed by atoms with E-state index in [2.05, 4.69) is 11.4 Å². The smallest absolute Gasteiger partial charge is 0.223 e. The zero-order valence-electron chi connectivity index (χ0n) is 13.0. The molecule has 1 aromatic carbocycles. The number of carbonyl (C=O) groups excluding carboxylic acids is 1. The highest BCUT2D eigenvalue weighted by molar-refractivity contribution is 5.82. The number of hydrogen-bond donors (Lipinski definition) is 2. The minimum Gasteiger partial charge on any atom is -0.497 e. The van der Waals surface area contributed by atoms with Crippen molar-refractivity contribution >= 4 is 5.91 Å². The number of nitrogens with one attached hydrogen (secondary N) is 1. The van der Waals surface area contributed by atoms with Crippen LogP contribution in [0.5, 0.6) is 5.75 Å². The van der Waals surface area contributed by atoms with E-state index in [0.717, 1.165) is 12.2 Å². The lowest BCUT2D eigenvalue weighted by atomic mass is 10.0. The minimum atomic E-state index is -0.317. The summed E-state index contributed by atoms with van der Waals surface area (Å²) >= 11 is 0. The molecule has 4 unspecified atom stereocenters. The molecule has 2 N–H and O–H groups in total. The lowest BCUT2D eigenvalue weighted by Gasteiger charge is -2.14. The molecule has 0 saturated heterocycles. The summed E-state index contributed by atoms with van der Waals surface area (Å²) in [6.07, 6.45) is 1.30. The molecule has 0 bridgehead atoms. The molecule has 0 aliphatic heterocycles. The monoisotopic (exact) mass is 291 g/mol. The van der Waals surface area contributed by atoms with E-state index in [-0.39, 0.29) is 17.9 Å². The third-order valence-corrected chi connectivity index (χ3v) is 4.02. The first-order valence-electron chi connectivity index (χ1n) is 7.61. The van der Waals surface area contributed by atoms with Crippen LogP contribution in [-0.4, -0.2) is 30.8 Å². The van der Waals surface area contributed by atoms with Crippen molar-refractivity contribution in [2.45, 2.75) is 38.7 Å². The van der Waals surface area contributed by atoms with Crippen molar-refractivity contribution < 1.29 is 14.6 Å². The second-order valence-electron chi connectivity index (χ2n) is 6.16. The van der Waals surface area contributed by atoms with Crippen LogP contribution in [0.3, 0.4) is 0 Å². The van der Waals surface area contributed by atoms with Gasteiger partial charge in [-0.25, -0.2) is 0 Å². The van der Waals surface area contributed by atoms with E-state index in [1.807, 2.05) is 25.1 Å². The van der Waals surface area contributed by atoms with E-state index in [0.29, 0.717) is 24.8 Å². The van der Waals surface area contributed by atoms with Crippen molar-refractivity contribution in [2.24, 2.45) is 11.8 Å². The second kappa shape index (κ2) is 6.94. The van der Waals surface area contributed by atoms with Crippen molar-refractivity contribution in [3.8, 4) is 5.75 Å². The molecule has 4 heteroatoms. The molecular weight excluding hydrogens is 266 g/mol. The Hall–Kier alpha value is -1.55. The number of amides is 1. The van der Waals surface area contributed by atoms with Crippen LogP contribution < -0.4 is 10.1 Å². The molecule has 0 heterocycles. The van der Waals surface area contributed by atoms with E-state index in [1.165, 1.54) is 5.56 Å². The lowest BCUT2D eigenvalue weighted by Crippen LogP contribution is -2.30. The minimum absolute atomic E-state index is 0.0795. The lowest BCUT2D eigenvalue weighted by molar-refractivity contribution is -0.122. The maximum Gasteiger partial charge on any atom is 0.223 e. The number of benzene rings is 1. The maximum atomic E-state index is 12.1. The van der Waals surface area contributed by atoms with Gasteiger partial charge >= 0.3 is 0 Å². The Labute approximate surface area is 126 Å². The van der Waals surface area contributed by atoms with Crippen LogP contribution in [0.1, 0.15) is 38.2 Å². The Bertz CT molecular complexity index is 487. The van der Waals surface area contributed by atoms with E-state index >= 15 is 0 Å². The van der Waals surface area contributed by atoms with Gasteiger partial charge in [-0.3, -0.25) is 4.79 Å². The molecular formula is C17H25NO3. The van der Waals surface area contributed by atoms with Crippen LogP contribution in [0.15, 0.2) is 24.3 Å². The predicted octanol–water partition coefficient (Wildman–Crippen LogP) is 2.32. The van der Waals surface area contributed by atoms with Crippen molar-refractivity contribution in [2.75, 3.05) is 13.7 Å². The molecule has 2 rings (SSSR count). The highest BCUT2D eigenvalue weighted by Gasteiger charge is 2.43. The van der Waals surface area contributed by atoms with Gasteiger partial charge in [0.15, 0.2) is 0 Å². The van der Waals surface area contributed by atoms with Crippen molar-refractivity contribution in [1.29, 1.82) is 0 Å². The molecule has 1 saturated carbocycles. The number of methoxy groups -OCH3 is 1. The average molecular weight is 291 g/mol. The fraction of sp³-hybridized carbons (Fsp3) is 0.588. The number of ether oxygens (including phenoxy) is 1. The summed E-state index contributed by atoms with van der Waals surface area (Å²) in [7, 11) is 1.65. The van der Waals surface area contributed by atoms with Crippen molar-refractivity contribution in [1.82, 2.24) is 5.32 Å². The number of hydrogen-bond acceptors (Lipinski definition) is 3. The zero-order valence-corrected chi connectivity index (χ0v) is 13.0. The van der Waals surface area contributed by atoms with Gasteiger partial charge in [-0.15, -0.1) is 0 Å². The van der Waals surface area contributed by atoms with Crippen LogP contribution in [0.4, 0.5) is 0 Å². The van der Waals surface area contributed by atoms with Gasteiger partial charge in [-0.2, -0.15) is 0 Å². The molecule has 1 aliphatic rings. The van der Waals surface area contributed by atoms with Crippen molar-refractivity contribution in [3.05, 3.63) is 29.8 Å². The molecule has 1 amide bonds. The predicted molar refractivity (Wildman–Crippen MR) is 82.3 cm³/mol. The molecule has 1 aliphatic carbocycles. The molecule has 4 nitrogen and oxygen atoms in total. The van der Waals surface area contributed by atoms with Gasteiger partial charge in [-0.1, -0.05) is 19.1 Å². The molecule has 0 radical (unpaired) electrons. The number of carbonyl (C=O) groups is 1. The highest BCUT2D eigenvalue weighted by atomic mass is 16.5. The van der Waals surface area contributed by atoms with Gasteiger partial charge < -0.3 is 15.2 Å². The Morgan fingerprint density at radius 3 is 2.90 bits per heavy atom. The van der Waals surface area contributed by atoms with E-state index in [9.17, 15) is 9.90 Å². The van der Waals surface area contributed by atoms with Crippen molar-refractivity contribution in [3.63, 3.8) is 0 Å². The first-order chi connectivity index (χ1) is 10.0. The van der Waals surface area contributed by atoms with Crippen LogP contribution in [-0.2, 0) is 4.79 Å². The second-order valence-corrected chi connectivity index (χ2v) is 6.16. The quantitative estimate of drug-likeness (QED) is 0.810. The summed E-state index contributed by atoms with van der Waals surface area (Å²) in [5.41, 5.74) is 1.17. The standard InChI is InChI=1S/C17H25NO3/c1-11(7-12(2)19)10-18-17(20)16-9-15(16)13-5-4-6-14(8-13)21-3/h4-6,8,11-12,15-16,19H,7,9-10H2,1-3H3,(H,18,20). The summed E-state index contributed by atoms with van der Waals surface area (Å²) in [5, 5.41) is 12.3. The molecule has 4 atom stereocenters. The van der Waals surface area contributed by atoms with E-state index < -0.39 is 0 Å². The molecule has 1 fully saturated rings. The topological polar surface area (TPSA) is 58.6 Å². The van der Waals surface area contributed by atoms with E-state index in [4.69, 9.17) is 4.74 Å². The summed E-state index contributed by atoms with van der Waals surface area (Å²) in [4.78, 5) is 12.1. The van der Waals surface area contributed by atoms with Gasteiger partial charge in [-0.05, 0) is 49.3 Å². The molecule has 116 valence electrons. The normalized spacial score (nSPS) is 23.2. The molecule has 21 heavy (non-hydrogen) atoms. The number of aliphatic hydroxyl groups is 1. The third kappa shape index (κ3) is 4.46. The fourth-order valence-corrected chi connectivity index (χ4v) is 2.80. The largest absolute Gasteiger partial charge is 0.497 e. The van der Waals surface area contributed by atoms with Crippen LogP contribution in [0, 0.1) is 11.8 Å². The first kappa shape index (κ1) is 15.8. The third-order valence-electron chi connectivity index (χ3n) is 4.02. The Balaban J connectivity index is 1.81. The Morgan fingerprint density at radius 1 is 1.48 bits per heavy atom. The summed E-state index contributed by atoms with van der Waals surface area (Å²) in [5.74, 6) is 1.65. The number of aliphatic hydroxyl groups excluding tert-OH is 1. The van der Waals surface area contributed by atoms with Gasteiger partial charge in [0, 0.05) is 12.5 Å². The Morgan fingerprint density at radius 2 is 2.24 bits per heavy atom. The fourth-order valence-electron chi connectivity index (χ4n) is 2.80. The molecule has 0 spiro atoms. The number of rotatable bonds is 7. The van der Waals surface area contributed by atoms with Crippen LogP contribution >= 0.6 is 0 Å². The molecule has 1 aromatic rings. The summed E-state index contributed by atoms with van der Waals surface area (Å²) < 4.78 is 5.22. The molecule has 0 aromatic heterocycles. The van der Waals surface area contributed by atoms with Crippen LogP contribution in [0.2, 0.25) is 0 Å². The van der Waals surface area contributed by atoms with Gasteiger partial charge in [0.05, 0.1) is 13.2 Å². The summed E-state index contributed by atoms with van der Waals surface area (Å²) in [6.45, 7) is 4.45. The van der Waals surface area contributed by atoms with Gasteiger partial charge in [0.1, 0.15) is 5.75 Å². The summed E-state index contributed by atoms with van der Waals surface area (Å²) in [6, 6.07) is 7.94. The first-order valence-corrected chi connectivity index (χ1v) is 7.61. The maximum absolute atomic E-state index is 12.1. The van der Waals surface area contributed by atoms with Gasteiger partial charge in [0.25, 0.3) is 0 Å². The zero-order chi connectivity index (χ0) is 15.4. The van der Waals surface area contributed by atoms with E-state index in [1.54, 1.807) is 14.0 Å². The average Bonchev–Trinajstić information content (AvgIpc) is 3.24. The Kier molecular flexibility index (Phi) is 5.23. The highest BCUT2D eigenvalue weighted by Crippen LogP contribution is 2.48.